The second kappa shape index (κ2) is 10.5. The summed E-state index contributed by atoms with van der Waals surface area (Å²) >= 11 is 0.769. The molecule has 10 heteroatoms. The zero-order chi connectivity index (χ0) is 25.4. The highest BCUT2D eigenvalue weighted by molar-refractivity contribution is 7.12. The number of aliphatic hydroxyl groups excluding tert-OH is 1. The number of aromatic nitrogens is 2. The lowest BCUT2D eigenvalue weighted by Crippen LogP contribution is -2.50. The van der Waals surface area contributed by atoms with Gasteiger partial charge in [0.15, 0.2) is 0 Å². The number of alkyl halides is 3. The number of ether oxygens (including phenoxy) is 2. The van der Waals surface area contributed by atoms with E-state index in [-0.39, 0.29) is 17.7 Å². The van der Waals surface area contributed by atoms with E-state index in [1.807, 2.05) is 24.7 Å². The van der Waals surface area contributed by atoms with Crippen LogP contribution in [0.15, 0.2) is 12.4 Å². The van der Waals surface area contributed by atoms with E-state index < -0.39 is 23.3 Å². The van der Waals surface area contributed by atoms with E-state index in [4.69, 9.17) is 9.47 Å². The molecule has 0 saturated carbocycles. The molecule has 3 atom stereocenters. The van der Waals surface area contributed by atoms with Gasteiger partial charge in [0.1, 0.15) is 10.5 Å². The molecule has 4 heterocycles. The van der Waals surface area contributed by atoms with Gasteiger partial charge in [0.25, 0.3) is 0 Å². The summed E-state index contributed by atoms with van der Waals surface area (Å²) in [5.74, 6) is 0.354. The lowest BCUT2D eigenvalue weighted by Gasteiger charge is -2.47. The topological polar surface area (TPSA) is 59.8 Å². The number of rotatable bonds is 8. The number of nitrogens with zero attached hydrogens (tertiary/aromatic N) is 3. The van der Waals surface area contributed by atoms with E-state index >= 15 is 0 Å². The average molecular weight is 516 g/mol. The molecule has 2 aromatic rings. The summed E-state index contributed by atoms with van der Waals surface area (Å²) < 4.78 is 54.8. The van der Waals surface area contributed by atoms with Crippen LogP contribution in [0.1, 0.15) is 67.0 Å². The van der Waals surface area contributed by atoms with Crippen molar-refractivity contribution in [3.8, 4) is 0 Å². The number of hydrogen-bond donors (Lipinski definition) is 1. The third-order valence-electron chi connectivity index (χ3n) is 7.01. The molecule has 2 aliphatic heterocycles. The fourth-order valence-electron chi connectivity index (χ4n) is 5.32. The summed E-state index contributed by atoms with van der Waals surface area (Å²) in [7, 11) is 0. The molecule has 0 aromatic carbocycles. The van der Waals surface area contributed by atoms with E-state index in [9.17, 15) is 18.3 Å². The number of aliphatic hydroxyl groups is 1. The van der Waals surface area contributed by atoms with E-state index in [2.05, 4.69) is 30.0 Å². The fraction of sp³-hybridized carbons (Fsp3) is 0.720. The van der Waals surface area contributed by atoms with E-state index in [0.29, 0.717) is 48.8 Å². The number of hydrogen-bond acceptors (Lipinski definition) is 6. The first-order valence-corrected chi connectivity index (χ1v) is 13.2. The first kappa shape index (κ1) is 26.6. The van der Waals surface area contributed by atoms with E-state index in [1.54, 1.807) is 0 Å². The number of thiophene rings is 1. The average Bonchev–Trinajstić information content (AvgIpc) is 3.39. The third kappa shape index (κ3) is 5.77. The molecular formula is C25H36F3N3O3S. The highest BCUT2D eigenvalue weighted by atomic mass is 32.1. The number of fused-ring (bicyclic) bond motifs is 2. The van der Waals surface area contributed by atoms with Gasteiger partial charge in [0.05, 0.1) is 32.1 Å². The predicted octanol–water partition coefficient (Wildman–Crippen LogP) is 4.97. The molecule has 0 aliphatic carbocycles. The molecule has 1 fully saturated rings. The van der Waals surface area contributed by atoms with Crippen LogP contribution in [0.3, 0.4) is 0 Å². The van der Waals surface area contributed by atoms with Crippen LogP contribution in [0.2, 0.25) is 0 Å². The van der Waals surface area contributed by atoms with Crippen LogP contribution >= 0.6 is 11.3 Å². The smallest absolute Gasteiger partial charge is 0.392 e. The van der Waals surface area contributed by atoms with Crippen LogP contribution in [-0.4, -0.2) is 51.7 Å². The van der Waals surface area contributed by atoms with Crippen LogP contribution in [0.4, 0.5) is 13.2 Å². The van der Waals surface area contributed by atoms with Gasteiger partial charge in [-0.05, 0) is 51.5 Å². The lowest BCUT2D eigenvalue weighted by molar-refractivity contribution is -0.135. The quantitative estimate of drug-likeness (QED) is 0.538. The van der Waals surface area contributed by atoms with E-state index in [1.165, 1.54) is 0 Å². The molecule has 0 radical (unpaired) electrons. The summed E-state index contributed by atoms with van der Waals surface area (Å²) in [6, 6.07) is 0.130. The van der Waals surface area contributed by atoms with Gasteiger partial charge in [-0.1, -0.05) is 6.92 Å². The second-order valence-corrected chi connectivity index (χ2v) is 11.3. The summed E-state index contributed by atoms with van der Waals surface area (Å²) in [6.45, 7) is 11.0. The maximum absolute atomic E-state index is 13.7. The van der Waals surface area contributed by atoms with Crippen molar-refractivity contribution >= 4 is 11.3 Å². The number of halogens is 3. The molecule has 196 valence electrons. The molecule has 6 nitrogen and oxygen atoms in total. The maximum atomic E-state index is 13.7. The zero-order valence-electron chi connectivity index (χ0n) is 20.9. The van der Waals surface area contributed by atoms with Crippen molar-refractivity contribution in [2.75, 3.05) is 19.8 Å². The normalized spacial score (nSPS) is 24.3. The number of likely N-dealkylation sites (tertiary alicyclic amines) is 1. The van der Waals surface area contributed by atoms with Crippen LogP contribution in [-0.2, 0) is 47.4 Å². The van der Waals surface area contributed by atoms with Crippen molar-refractivity contribution in [3.05, 3.63) is 38.8 Å². The Morgan fingerprint density at radius 2 is 2.11 bits per heavy atom. The van der Waals surface area contributed by atoms with Gasteiger partial charge in [-0.25, -0.2) is 0 Å². The minimum atomic E-state index is -4.47. The Bertz CT molecular complexity index is 1010. The lowest BCUT2D eigenvalue weighted by atomic mass is 9.81. The van der Waals surface area contributed by atoms with Crippen molar-refractivity contribution in [1.29, 1.82) is 0 Å². The van der Waals surface area contributed by atoms with E-state index in [0.717, 1.165) is 36.5 Å². The van der Waals surface area contributed by atoms with Gasteiger partial charge in [-0.15, -0.1) is 11.3 Å². The van der Waals surface area contributed by atoms with Crippen LogP contribution in [0, 0.1) is 5.92 Å². The van der Waals surface area contributed by atoms with Gasteiger partial charge >= 0.3 is 6.18 Å². The fourth-order valence-corrected chi connectivity index (χ4v) is 6.73. The Balaban J connectivity index is 1.43. The highest BCUT2D eigenvalue weighted by Gasteiger charge is 2.48. The summed E-state index contributed by atoms with van der Waals surface area (Å²) in [4.78, 5) is 2.34. The standard InChI is InChI=1S/C25H36F3N3O3S/c1-16(2)33-15-17(3)11-31-13-19(10-29-31)12-30-7-6-24(9-18(30)4)22-20(5-8-34-24)21(14-32)23(35-22)25(26,27)28/h10,13,16-18,32H,5-9,11-12,14-15H2,1-4H3/t17-,18-,24+/m0/s1. The van der Waals surface area contributed by atoms with Crippen molar-refractivity contribution in [2.24, 2.45) is 5.92 Å². The molecule has 0 amide bonds. The molecule has 2 aromatic heterocycles. The first-order chi connectivity index (χ1) is 16.5. The molecular weight excluding hydrogens is 479 g/mol. The van der Waals surface area contributed by atoms with Crippen LogP contribution in [0.5, 0.6) is 0 Å². The molecule has 1 N–H and O–H groups in total. The molecule has 0 bridgehead atoms. The Labute approximate surface area is 209 Å². The Kier molecular flexibility index (Phi) is 7.97. The molecule has 4 rings (SSSR count). The third-order valence-corrected chi connectivity index (χ3v) is 8.52. The molecule has 1 saturated heterocycles. The number of piperidine rings is 1. The molecule has 0 unspecified atom stereocenters. The minimum absolute atomic E-state index is 0.0377. The van der Waals surface area contributed by atoms with Gasteiger partial charge in [-0.2, -0.15) is 18.3 Å². The van der Waals surface area contributed by atoms with Crippen molar-refractivity contribution in [2.45, 2.75) is 90.6 Å². The Morgan fingerprint density at radius 3 is 2.77 bits per heavy atom. The Morgan fingerprint density at radius 1 is 1.34 bits per heavy atom. The van der Waals surface area contributed by atoms with Gasteiger partial charge in [0, 0.05) is 47.9 Å². The highest BCUT2D eigenvalue weighted by Crippen LogP contribution is 2.51. The Hall–Kier alpha value is -1.46. The monoisotopic (exact) mass is 515 g/mol. The molecule has 35 heavy (non-hydrogen) atoms. The van der Waals surface area contributed by atoms with Gasteiger partial charge < -0.3 is 14.6 Å². The predicted molar refractivity (Wildman–Crippen MR) is 128 cm³/mol. The largest absolute Gasteiger partial charge is 0.425 e. The SMILES string of the molecule is CC(C)OC[C@@H](C)Cn1cc(CN2CC[C@]3(C[C@@H]2C)OCCc2c3sc(C(F)(F)F)c2CO)cn1. The molecule has 2 aliphatic rings. The summed E-state index contributed by atoms with van der Waals surface area (Å²) in [5, 5.41) is 14.2. The molecule has 1 spiro atoms. The second-order valence-electron chi connectivity index (χ2n) is 10.3. The van der Waals surface area contributed by atoms with Crippen LogP contribution in [0.25, 0.3) is 0 Å². The van der Waals surface area contributed by atoms with Crippen molar-refractivity contribution in [3.63, 3.8) is 0 Å². The van der Waals surface area contributed by atoms with Gasteiger partial charge in [-0.3, -0.25) is 9.58 Å². The minimum Gasteiger partial charge on any atom is -0.392 e. The zero-order valence-corrected chi connectivity index (χ0v) is 21.7. The van der Waals surface area contributed by atoms with Crippen LogP contribution < -0.4 is 0 Å². The first-order valence-electron chi connectivity index (χ1n) is 12.4. The van der Waals surface area contributed by atoms with Crippen molar-refractivity contribution < 1.29 is 27.8 Å². The summed E-state index contributed by atoms with van der Waals surface area (Å²) in [6.07, 6.45) is 1.38. The van der Waals surface area contributed by atoms with Crippen molar-refractivity contribution in [1.82, 2.24) is 14.7 Å². The maximum Gasteiger partial charge on any atom is 0.425 e. The summed E-state index contributed by atoms with van der Waals surface area (Å²) in [5.41, 5.74) is 1.09. The van der Waals surface area contributed by atoms with Gasteiger partial charge in [0.2, 0.25) is 0 Å².